The van der Waals surface area contributed by atoms with Gasteiger partial charge in [-0.05, 0) is 77.7 Å². The molecule has 1 saturated heterocycles. The fourth-order valence-electron chi connectivity index (χ4n) is 3.16. The molecule has 0 aromatic heterocycles. The first-order chi connectivity index (χ1) is 12.4. The largest absolute Gasteiger partial charge is 0.497 e. The topological polar surface area (TPSA) is 58.6 Å². The number of rotatable bonds is 5. The van der Waals surface area contributed by atoms with E-state index < -0.39 is 10.0 Å². The molecular weight excluding hydrogens is 416 g/mol. The smallest absolute Gasteiger partial charge is 0.241 e. The van der Waals surface area contributed by atoms with Gasteiger partial charge in [0.05, 0.1) is 12.0 Å². The molecule has 0 aliphatic carbocycles. The van der Waals surface area contributed by atoms with E-state index in [2.05, 4.69) is 25.6 Å². The van der Waals surface area contributed by atoms with Gasteiger partial charge < -0.3 is 9.64 Å². The molecule has 0 bridgehead atoms. The lowest BCUT2D eigenvalue weighted by Crippen LogP contribution is -2.44. The lowest BCUT2D eigenvalue weighted by molar-refractivity contribution is 0.414. The monoisotopic (exact) mass is 438 g/mol. The third-order valence-electron chi connectivity index (χ3n) is 4.63. The Morgan fingerprint density at radius 3 is 2.35 bits per heavy atom. The molecule has 1 fully saturated rings. The number of nitrogens with one attached hydrogen (secondary N) is 1. The summed E-state index contributed by atoms with van der Waals surface area (Å²) in [5, 5.41) is 0. The first kappa shape index (κ1) is 19.2. The second-order valence-electron chi connectivity index (χ2n) is 6.51. The van der Waals surface area contributed by atoms with Crippen LogP contribution in [0.25, 0.3) is 0 Å². The molecule has 1 N–H and O–H groups in total. The SMILES string of the molecule is COc1ccc(N2CCC(NS(=O)(=O)c3ccc(C)cc3Br)CC2)cc1. The van der Waals surface area contributed by atoms with Crippen LogP contribution in [-0.4, -0.2) is 34.7 Å². The van der Waals surface area contributed by atoms with Gasteiger partial charge >= 0.3 is 0 Å². The van der Waals surface area contributed by atoms with E-state index in [1.54, 1.807) is 13.2 Å². The molecule has 140 valence electrons. The number of piperidine rings is 1. The van der Waals surface area contributed by atoms with Gasteiger partial charge in [0.2, 0.25) is 10.0 Å². The molecule has 2 aromatic rings. The zero-order valence-corrected chi connectivity index (χ0v) is 17.3. The summed E-state index contributed by atoms with van der Waals surface area (Å²) in [6.07, 6.45) is 1.55. The van der Waals surface area contributed by atoms with Gasteiger partial charge in [-0.1, -0.05) is 6.07 Å². The predicted molar refractivity (Wildman–Crippen MR) is 107 cm³/mol. The maximum Gasteiger partial charge on any atom is 0.241 e. The molecule has 0 amide bonds. The maximum absolute atomic E-state index is 12.7. The highest BCUT2D eigenvalue weighted by Gasteiger charge is 2.26. The Kier molecular flexibility index (Phi) is 5.89. The Morgan fingerprint density at radius 1 is 1.12 bits per heavy atom. The van der Waals surface area contributed by atoms with Gasteiger partial charge in [0.15, 0.2) is 0 Å². The Labute approximate surface area is 163 Å². The van der Waals surface area contributed by atoms with Crippen molar-refractivity contribution in [3.05, 3.63) is 52.5 Å². The normalized spacial score (nSPS) is 15.9. The number of nitrogens with zero attached hydrogens (tertiary/aromatic N) is 1. The highest BCUT2D eigenvalue weighted by atomic mass is 79.9. The number of hydrogen-bond donors (Lipinski definition) is 1. The van der Waals surface area contributed by atoms with Crippen molar-refractivity contribution >= 4 is 31.6 Å². The molecule has 0 atom stereocenters. The van der Waals surface area contributed by atoms with Gasteiger partial charge in [0.25, 0.3) is 0 Å². The number of sulfonamides is 1. The van der Waals surface area contributed by atoms with Crippen LogP contribution in [0, 0.1) is 6.92 Å². The molecular formula is C19H23BrN2O3S. The van der Waals surface area contributed by atoms with Gasteiger partial charge in [-0.2, -0.15) is 0 Å². The summed E-state index contributed by atoms with van der Waals surface area (Å²) in [5.41, 5.74) is 2.15. The van der Waals surface area contributed by atoms with Gasteiger partial charge in [-0.3, -0.25) is 0 Å². The van der Waals surface area contributed by atoms with Gasteiger partial charge in [-0.25, -0.2) is 13.1 Å². The van der Waals surface area contributed by atoms with E-state index in [0.29, 0.717) is 9.37 Å². The van der Waals surface area contributed by atoms with E-state index in [0.717, 1.165) is 42.9 Å². The van der Waals surface area contributed by atoms with Crippen molar-refractivity contribution in [1.82, 2.24) is 4.72 Å². The first-order valence-electron chi connectivity index (χ1n) is 8.56. The summed E-state index contributed by atoms with van der Waals surface area (Å²) in [4.78, 5) is 2.56. The molecule has 0 spiro atoms. The van der Waals surface area contributed by atoms with Crippen LogP contribution in [0.3, 0.4) is 0 Å². The van der Waals surface area contributed by atoms with Crippen molar-refractivity contribution in [2.24, 2.45) is 0 Å². The molecule has 0 saturated carbocycles. The second-order valence-corrected chi connectivity index (χ2v) is 9.05. The number of ether oxygens (including phenoxy) is 1. The minimum absolute atomic E-state index is 0.0531. The molecule has 1 heterocycles. The highest BCUT2D eigenvalue weighted by molar-refractivity contribution is 9.10. The summed E-state index contributed by atoms with van der Waals surface area (Å²) in [6.45, 7) is 3.56. The highest BCUT2D eigenvalue weighted by Crippen LogP contribution is 2.26. The van der Waals surface area contributed by atoms with Crippen LogP contribution in [0.4, 0.5) is 5.69 Å². The number of methoxy groups -OCH3 is 1. The number of aryl methyl sites for hydroxylation is 1. The quantitative estimate of drug-likeness (QED) is 0.772. The molecule has 7 heteroatoms. The minimum Gasteiger partial charge on any atom is -0.497 e. The summed E-state index contributed by atoms with van der Waals surface area (Å²) in [5.74, 6) is 0.833. The lowest BCUT2D eigenvalue weighted by Gasteiger charge is -2.34. The van der Waals surface area contributed by atoms with Crippen molar-refractivity contribution < 1.29 is 13.2 Å². The third-order valence-corrected chi connectivity index (χ3v) is 7.13. The summed E-state index contributed by atoms with van der Waals surface area (Å²) in [7, 11) is -1.88. The fraction of sp³-hybridized carbons (Fsp3) is 0.368. The van der Waals surface area contributed by atoms with Crippen LogP contribution < -0.4 is 14.4 Å². The maximum atomic E-state index is 12.7. The van der Waals surface area contributed by atoms with E-state index in [1.807, 2.05) is 43.3 Å². The van der Waals surface area contributed by atoms with Crippen LogP contribution in [0.1, 0.15) is 18.4 Å². The molecule has 2 aromatic carbocycles. The first-order valence-corrected chi connectivity index (χ1v) is 10.8. The Hall–Kier alpha value is -1.57. The van der Waals surface area contributed by atoms with Crippen molar-refractivity contribution in [2.75, 3.05) is 25.1 Å². The Bertz CT molecular complexity index is 861. The van der Waals surface area contributed by atoms with Gasteiger partial charge in [0.1, 0.15) is 5.75 Å². The van der Waals surface area contributed by atoms with Crippen LogP contribution in [0.15, 0.2) is 51.8 Å². The summed E-state index contributed by atoms with van der Waals surface area (Å²) in [6, 6.07) is 13.2. The molecule has 3 rings (SSSR count). The second kappa shape index (κ2) is 7.98. The van der Waals surface area contributed by atoms with Crippen LogP contribution >= 0.6 is 15.9 Å². The molecule has 1 aliphatic heterocycles. The minimum atomic E-state index is -3.53. The van der Waals surface area contributed by atoms with Gasteiger partial charge in [0, 0.05) is 29.3 Å². The number of anilines is 1. The Morgan fingerprint density at radius 2 is 1.77 bits per heavy atom. The number of benzene rings is 2. The van der Waals surface area contributed by atoms with Gasteiger partial charge in [-0.15, -0.1) is 0 Å². The van der Waals surface area contributed by atoms with Crippen LogP contribution in [0.2, 0.25) is 0 Å². The summed E-state index contributed by atoms with van der Waals surface area (Å²) < 4.78 is 34.0. The van der Waals surface area contributed by atoms with Crippen LogP contribution in [-0.2, 0) is 10.0 Å². The van der Waals surface area contributed by atoms with E-state index in [4.69, 9.17) is 4.74 Å². The van der Waals surface area contributed by atoms with Crippen molar-refractivity contribution in [2.45, 2.75) is 30.7 Å². The molecule has 26 heavy (non-hydrogen) atoms. The van der Waals surface area contributed by atoms with Crippen LogP contribution in [0.5, 0.6) is 5.75 Å². The van der Waals surface area contributed by atoms with Crippen molar-refractivity contribution in [3.8, 4) is 5.75 Å². The number of hydrogen-bond acceptors (Lipinski definition) is 4. The fourth-order valence-corrected chi connectivity index (χ4v) is 5.65. The average molecular weight is 439 g/mol. The van der Waals surface area contributed by atoms with E-state index >= 15 is 0 Å². The van der Waals surface area contributed by atoms with Crippen molar-refractivity contribution in [1.29, 1.82) is 0 Å². The molecule has 5 nitrogen and oxygen atoms in total. The van der Waals surface area contributed by atoms with Crippen molar-refractivity contribution in [3.63, 3.8) is 0 Å². The molecule has 0 unspecified atom stereocenters. The predicted octanol–water partition coefficient (Wildman–Crippen LogP) is 3.71. The molecule has 0 radical (unpaired) electrons. The zero-order chi connectivity index (χ0) is 18.7. The average Bonchev–Trinajstić information content (AvgIpc) is 2.62. The van der Waals surface area contributed by atoms with E-state index in [1.165, 1.54) is 0 Å². The Balaban J connectivity index is 1.62. The zero-order valence-electron chi connectivity index (χ0n) is 14.9. The standard InChI is InChI=1S/C19H23BrN2O3S/c1-14-3-8-19(18(20)13-14)26(23,24)21-15-9-11-22(12-10-15)16-4-6-17(25-2)7-5-16/h3-8,13,15,21H,9-12H2,1-2H3. The molecule has 1 aliphatic rings. The van der Waals surface area contributed by atoms with E-state index in [-0.39, 0.29) is 6.04 Å². The lowest BCUT2D eigenvalue weighted by atomic mass is 10.1. The number of halogens is 1. The summed E-state index contributed by atoms with van der Waals surface area (Å²) >= 11 is 3.36. The third kappa shape index (κ3) is 4.39. The van der Waals surface area contributed by atoms with E-state index in [9.17, 15) is 8.42 Å².